The minimum absolute atomic E-state index is 0.269. The number of rotatable bonds is 12. The lowest BCUT2D eigenvalue weighted by Gasteiger charge is -2.35. The molecule has 0 saturated carbocycles. The van der Waals surface area contributed by atoms with Crippen LogP contribution < -0.4 is 30.0 Å². The van der Waals surface area contributed by atoms with Gasteiger partial charge in [-0.2, -0.15) is 0 Å². The summed E-state index contributed by atoms with van der Waals surface area (Å²) in [5.41, 5.74) is 19.2. The number of anilines is 9. The first-order valence-corrected chi connectivity index (χ1v) is 26.4. The van der Waals surface area contributed by atoms with E-state index in [1.54, 1.807) is 0 Å². The first-order valence-electron chi connectivity index (χ1n) is 26.4. The Bertz CT molecular complexity index is 3910. The highest BCUT2D eigenvalue weighted by molar-refractivity contribution is 5.99. The summed E-state index contributed by atoms with van der Waals surface area (Å²) in [4.78, 5) is 9.80. The molecule has 3 aliphatic carbocycles. The number of para-hydroxylation sites is 4. The number of benzene rings is 10. The van der Waals surface area contributed by atoms with Gasteiger partial charge in [0.25, 0.3) is 0 Å². The SMILES string of the molecule is CC1(C)c2cc(N(C3=CC=C(N(C4=c5ccccc5=CCC4)c4ccccc4)CC3)c3ccccc3)ccc2-c2ccc(N(c3ccccc3)c3ccc(N(c4ccccc4)c4cccc5ccccc45)cc3)cc21. The second kappa shape index (κ2) is 19.4. The van der Waals surface area contributed by atoms with E-state index < -0.39 is 0 Å². The molecule has 0 fully saturated rings. The molecule has 0 aliphatic heterocycles. The molecule has 3 aliphatic rings. The van der Waals surface area contributed by atoms with E-state index >= 15 is 0 Å². The Kier molecular flexibility index (Phi) is 11.8. The maximum absolute atomic E-state index is 2.54. The highest BCUT2D eigenvalue weighted by Gasteiger charge is 2.37. The van der Waals surface area contributed by atoms with Gasteiger partial charge in [0.05, 0.1) is 5.69 Å². The topological polar surface area (TPSA) is 13.0 Å². The summed E-state index contributed by atoms with van der Waals surface area (Å²) in [5, 5.41) is 5.08. The lowest BCUT2D eigenvalue weighted by molar-refractivity contribution is 0.660. The summed E-state index contributed by atoms with van der Waals surface area (Å²) < 4.78 is 0. The fraction of sp³-hybridized carbons (Fsp3) is 0.0986. The normalized spacial score (nSPS) is 14.1. The predicted molar refractivity (Wildman–Crippen MR) is 317 cm³/mol. The summed E-state index contributed by atoms with van der Waals surface area (Å²) in [6.45, 7) is 4.80. The molecule has 4 heteroatoms. The van der Waals surface area contributed by atoms with Gasteiger partial charge < -0.3 is 19.6 Å². The lowest BCUT2D eigenvalue weighted by Crippen LogP contribution is -2.36. The first-order chi connectivity index (χ1) is 37.0. The molecule has 0 unspecified atom stereocenters. The molecule has 0 bridgehead atoms. The standard InChI is InChI=1S/C71H58N4/c1-71(2)67-49-61(72(53-25-7-3-8-26-53)57-37-41-59(42-38-57)74(55-29-11-5-12-30-55)69-35-19-23-51-21-15-17-33-63(51)69)45-47-65(67)66-48-46-62(50-68(66)71)73(54-27-9-4-10-28-54)58-39-43-60(44-40-58)75(56-31-13-6-14-32-56)70-36-20-24-52-22-16-18-34-64(52)70/h3-19,21-35,37-39,41-43,45-50H,20,36,40,44H2,1-2H3. The summed E-state index contributed by atoms with van der Waals surface area (Å²) in [6, 6.07) is 90.7. The Hall–Kier alpha value is -9.12. The van der Waals surface area contributed by atoms with Crippen molar-refractivity contribution in [2.24, 2.45) is 0 Å². The van der Waals surface area contributed by atoms with Crippen LogP contribution in [0.2, 0.25) is 0 Å². The first kappa shape index (κ1) is 45.7. The van der Waals surface area contributed by atoms with E-state index in [1.165, 1.54) is 71.9 Å². The van der Waals surface area contributed by atoms with Crippen molar-refractivity contribution < 1.29 is 0 Å². The lowest BCUT2D eigenvalue weighted by atomic mass is 9.82. The monoisotopic (exact) mass is 966 g/mol. The molecule has 0 amide bonds. The molecule has 0 saturated heterocycles. The Morgan fingerprint density at radius 1 is 0.347 bits per heavy atom. The van der Waals surface area contributed by atoms with E-state index in [-0.39, 0.29) is 5.41 Å². The van der Waals surface area contributed by atoms with Crippen molar-refractivity contribution >= 4 is 73.7 Å². The quantitative estimate of drug-likeness (QED) is 0.121. The number of hydrogen-bond donors (Lipinski definition) is 0. The van der Waals surface area contributed by atoms with E-state index in [0.29, 0.717) is 0 Å². The molecule has 0 spiro atoms. The van der Waals surface area contributed by atoms with Crippen molar-refractivity contribution in [3.05, 3.63) is 294 Å². The molecule has 0 radical (unpaired) electrons. The molecule has 362 valence electrons. The predicted octanol–water partition coefficient (Wildman–Crippen LogP) is 17.7. The zero-order valence-corrected chi connectivity index (χ0v) is 42.5. The average Bonchev–Trinajstić information content (AvgIpc) is 3.78. The second-order valence-corrected chi connectivity index (χ2v) is 20.4. The van der Waals surface area contributed by atoms with Crippen molar-refractivity contribution in [3.8, 4) is 11.1 Å². The second-order valence-electron chi connectivity index (χ2n) is 20.4. The van der Waals surface area contributed by atoms with E-state index in [0.717, 1.165) is 65.5 Å². The van der Waals surface area contributed by atoms with Crippen LogP contribution >= 0.6 is 0 Å². The number of allylic oxidation sites excluding steroid dienone is 4. The Labute approximate surface area is 441 Å². The molecule has 0 heterocycles. The summed E-state index contributed by atoms with van der Waals surface area (Å²) >= 11 is 0. The van der Waals surface area contributed by atoms with Crippen molar-refractivity contribution in [2.75, 3.05) is 19.6 Å². The minimum atomic E-state index is -0.269. The van der Waals surface area contributed by atoms with E-state index in [2.05, 4.69) is 300 Å². The van der Waals surface area contributed by atoms with Gasteiger partial charge in [0.15, 0.2) is 0 Å². The van der Waals surface area contributed by atoms with Crippen molar-refractivity contribution in [3.63, 3.8) is 0 Å². The molecule has 13 rings (SSSR count). The van der Waals surface area contributed by atoms with Gasteiger partial charge in [-0.15, -0.1) is 0 Å². The van der Waals surface area contributed by atoms with Crippen molar-refractivity contribution in [2.45, 2.75) is 44.9 Å². The largest absolute Gasteiger partial charge is 0.317 e. The summed E-state index contributed by atoms with van der Waals surface area (Å²) in [5.74, 6) is 0. The smallest absolute Gasteiger partial charge is 0.0540 e. The van der Waals surface area contributed by atoms with Gasteiger partial charge in [-0.05, 0) is 174 Å². The van der Waals surface area contributed by atoms with Crippen LogP contribution in [0.15, 0.2) is 272 Å². The zero-order chi connectivity index (χ0) is 50.3. The Balaban J connectivity index is 0.856. The maximum Gasteiger partial charge on any atom is 0.0540 e. The third-order valence-electron chi connectivity index (χ3n) is 15.6. The third-order valence-corrected chi connectivity index (χ3v) is 15.6. The van der Waals surface area contributed by atoms with E-state index in [4.69, 9.17) is 0 Å². The minimum Gasteiger partial charge on any atom is -0.317 e. The maximum atomic E-state index is 2.54. The van der Waals surface area contributed by atoms with Gasteiger partial charge in [-0.25, -0.2) is 0 Å². The van der Waals surface area contributed by atoms with Gasteiger partial charge in [0.2, 0.25) is 0 Å². The fourth-order valence-corrected chi connectivity index (χ4v) is 12.0. The van der Waals surface area contributed by atoms with Crippen LogP contribution in [0.1, 0.15) is 50.7 Å². The van der Waals surface area contributed by atoms with Crippen molar-refractivity contribution in [1.82, 2.24) is 0 Å². The number of hydrogen-bond acceptors (Lipinski definition) is 4. The Morgan fingerprint density at radius 3 is 1.39 bits per heavy atom. The fourth-order valence-electron chi connectivity index (χ4n) is 12.0. The van der Waals surface area contributed by atoms with E-state index in [1.807, 2.05) is 0 Å². The molecule has 0 aromatic heterocycles. The van der Waals surface area contributed by atoms with Crippen LogP contribution in [0.3, 0.4) is 0 Å². The molecule has 0 atom stereocenters. The summed E-state index contributed by atoms with van der Waals surface area (Å²) in [6.07, 6.45) is 11.0. The van der Waals surface area contributed by atoms with Crippen LogP contribution in [0.5, 0.6) is 0 Å². The molecule has 75 heavy (non-hydrogen) atoms. The van der Waals surface area contributed by atoms with Gasteiger partial charge in [0, 0.05) is 78.6 Å². The van der Waals surface area contributed by atoms with E-state index in [9.17, 15) is 0 Å². The van der Waals surface area contributed by atoms with Crippen LogP contribution in [-0.2, 0) is 5.41 Å². The third kappa shape index (κ3) is 8.39. The molecule has 4 nitrogen and oxygen atoms in total. The van der Waals surface area contributed by atoms with Crippen LogP contribution in [0.25, 0.3) is 33.7 Å². The molecule has 0 N–H and O–H groups in total. The average molecular weight is 967 g/mol. The van der Waals surface area contributed by atoms with Gasteiger partial charge in [0.1, 0.15) is 0 Å². The molecule has 10 aromatic carbocycles. The van der Waals surface area contributed by atoms with Crippen molar-refractivity contribution in [1.29, 1.82) is 0 Å². The highest BCUT2D eigenvalue weighted by Crippen LogP contribution is 2.53. The van der Waals surface area contributed by atoms with Crippen LogP contribution in [-0.4, -0.2) is 0 Å². The van der Waals surface area contributed by atoms with Gasteiger partial charge in [-0.3, -0.25) is 0 Å². The molecular formula is C71H58N4. The molecule has 10 aromatic rings. The Morgan fingerprint density at radius 2 is 0.787 bits per heavy atom. The highest BCUT2D eigenvalue weighted by atomic mass is 15.2. The molecular weight excluding hydrogens is 909 g/mol. The number of nitrogens with zero attached hydrogens (tertiary/aromatic N) is 4. The van der Waals surface area contributed by atoms with Gasteiger partial charge >= 0.3 is 0 Å². The number of fused-ring (bicyclic) bond motifs is 5. The van der Waals surface area contributed by atoms with Gasteiger partial charge in [-0.1, -0.05) is 166 Å². The zero-order valence-electron chi connectivity index (χ0n) is 42.5. The van der Waals surface area contributed by atoms with Crippen LogP contribution in [0.4, 0.5) is 51.2 Å². The summed E-state index contributed by atoms with van der Waals surface area (Å²) in [7, 11) is 0. The van der Waals surface area contributed by atoms with Crippen LogP contribution in [0, 0.1) is 0 Å².